The fourth-order valence-electron chi connectivity index (χ4n) is 1.81. The number of allylic oxidation sites excluding steroid dienone is 1. The van der Waals surface area contributed by atoms with Gasteiger partial charge in [-0.05, 0) is 29.2 Å². The molecule has 0 aromatic heterocycles. The summed E-state index contributed by atoms with van der Waals surface area (Å²) in [7, 11) is 0. The zero-order valence-corrected chi connectivity index (χ0v) is 11.1. The number of halogens is 1. The number of anilines is 1. The van der Waals surface area contributed by atoms with Crippen molar-refractivity contribution in [1.82, 2.24) is 0 Å². The number of hydrogen-bond donors (Lipinski definition) is 1. The summed E-state index contributed by atoms with van der Waals surface area (Å²) in [5, 5.41) is 0.667. The molecule has 0 radical (unpaired) electrons. The predicted molar refractivity (Wildman–Crippen MR) is 79.8 cm³/mol. The van der Waals surface area contributed by atoms with E-state index in [9.17, 15) is 0 Å². The Morgan fingerprint density at radius 3 is 2.50 bits per heavy atom. The first-order chi connectivity index (χ1) is 8.66. The van der Waals surface area contributed by atoms with Gasteiger partial charge < -0.3 is 5.73 Å². The Balaban J connectivity index is 2.16. The lowest BCUT2D eigenvalue weighted by molar-refractivity contribution is 0.973. The highest BCUT2D eigenvalue weighted by Gasteiger charge is 2.01. The molecule has 0 amide bonds. The van der Waals surface area contributed by atoms with Gasteiger partial charge in [0.05, 0.1) is 0 Å². The highest BCUT2D eigenvalue weighted by molar-refractivity contribution is 6.30. The first-order valence-corrected chi connectivity index (χ1v) is 6.33. The smallest absolute Gasteiger partial charge is 0.0426 e. The Morgan fingerprint density at radius 1 is 1.11 bits per heavy atom. The maximum absolute atomic E-state index is 5.91. The number of hydrogen-bond acceptors (Lipinski definition) is 1. The maximum atomic E-state index is 5.91. The molecule has 0 aliphatic heterocycles. The summed E-state index contributed by atoms with van der Waals surface area (Å²) in [6, 6.07) is 15.9. The molecule has 2 N–H and O–H groups in total. The fraction of sp³-hybridized carbons (Fsp3) is 0.125. The zero-order chi connectivity index (χ0) is 13.0. The number of nitrogens with two attached hydrogens (primary N) is 1. The van der Waals surface area contributed by atoms with Gasteiger partial charge in [0.1, 0.15) is 0 Å². The molecule has 2 aromatic rings. The summed E-state index contributed by atoms with van der Waals surface area (Å²) in [5.41, 5.74) is 8.91. The molecule has 1 unspecified atom stereocenters. The molecule has 0 saturated heterocycles. The SMILES string of the molecule is CC(/C=C/c1ccc(Cl)cc1N)c1ccccc1. The third-order valence-electron chi connectivity index (χ3n) is 2.94. The highest BCUT2D eigenvalue weighted by Crippen LogP contribution is 2.22. The number of rotatable bonds is 3. The van der Waals surface area contributed by atoms with Crippen LogP contribution in [0.15, 0.2) is 54.6 Å². The maximum Gasteiger partial charge on any atom is 0.0426 e. The molecule has 0 fully saturated rings. The van der Waals surface area contributed by atoms with Gasteiger partial charge in [0.2, 0.25) is 0 Å². The van der Waals surface area contributed by atoms with E-state index in [2.05, 4.69) is 37.3 Å². The van der Waals surface area contributed by atoms with Gasteiger partial charge >= 0.3 is 0 Å². The van der Waals surface area contributed by atoms with Crippen molar-refractivity contribution >= 4 is 23.4 Å². The van der Waals surface area contributed by atoms with Crippen LogP contribution in [0.3, 0.4) is 0 Å². The van der Waals surface area contributed by atoms with Gasteiger partial charge in [0, 0.05) is 10.7 Å². The van der Waals surface area contributed by atoms with Gasteiger partial charge in [-0.2, -0.15) is 0 Å². The summed E-state index contributed by atoms with van der Waals surface area (Å²) in [4.78, 5) is 0. The molecule has 0 aliphatic carbocycles. The highest BCUT2D eigenvalue weighted by atomic mass is 35.5. The van der Waals surface area contributed by atoms with Crippen molar-refractivity contribution in [2.24, 2.45) is 0 Å². The lowest BCUT2D eigenvalue weighted by Crippen LogP contribution is -1.90. The Kier molecular flexibility index (Phi) is 4.06. The predicted octanol–water partition coefficient (Wildman–Crippen LogP) is 4.74. The lowest BCUT2D eigenvalue weighted by Gasteiger charge is -2.06. The fourth-order valence-corrected chi connectivity index (χ4v) is 1.99. The minimum absolute atomic E-state index is 0.362. The van der Waals surface area contributed by atoms with Crippen molar-refractivity contribution in [2.75, 3.05) is 5.73 Å². The van der Waals surface area contributed by atoms with Gasteiger partial charge in [-0.15, -0.1) is 0 Å². The first kappa shape index (κ1) is 12.7. The van der Waals surface area contributed by atoms with Crippen LogP contribution >= 0.6 is 11.6 Å². The molecule has 2 rings (SSSR count). The van der Waals surface area contributed by atoms with Crippen LogP contribution in [-0.4, -0.2) is 0 Å². The average molecular weight is 258 g/mol. The van der Waals surface area contributed by atoms with Crippen molar-refractivity contribution in [3.05, 3.63) is 70.8 Å². The molecule has 92 valence electrons. The Hall–Kier alpha value is -1.73. The van der Waals surface area contributed by atoms with Crippen molar-refractivity contribution in [2.45, 2.75) is 12.8 Å². The molecule has 0 saturated carbocycles. The van der Waals surface area contributed by atoms with E-state index in [1.54, 1.807) is 6.07 Å². The van der Waals surface area contributed by atoms with Gasteiger partial charge in [0.15, 0.2) is 0 Å². The van der Waals surface area contributed by atoms with E-state index in [0.717, 1.165) is 5.56 Å². The molecule has 1 atom stereocenters. The van der Waals surface area contributed by atoms with E-state index in [1.807, 2.05) is 24.3 Å². The Labute approximate surface area is 113 Å². The van der Waals surface area contributed by atoms with Gasteiger partial charge in [-0.3, -0.25) is 0 Å². The van der Waals surface area contributed by atoms with Crippen molar-refractivity contribution < 1.29 is 0 Å². The Morgan fingerprint density at radius 2 is 1.83 bits per heavy atom. The van der Waals surface area contributed by atoms with Crippen LogP contribution in [0.5, 0.6) is 0 Å². The monoisotopic (exact) mass is 257 g/mol. The van der Waals surface area contributed by atoms with E-state index >= 15 is 0 Å². The molecular formula is C16H16ClN. The van der Waals surface area contributed by atoms with Crippen molar-refractivity contribution in [3.63, 3.8) is 0 Å². The second-order valence-electron chi connectivity index (χ2n) is 4.33. The van der Waals surface area contributed by atoms with Crippen molar-refractivity contribution in [1.29, 1.82) is 0 Å². The summed E-state index contributed by atoms with van der Waals surface area (Å²) in [5.74, 6) is 0.362. The van der Waals surface area contributed by atoms with Crippen LogP contribution in [0.25, 0.3) is 6.08 Å². The molecule has 2 heteroatoms. The average Bonchev–Trinajstić information content (AvgIpc) is 2.38. The van der Waals surface area contributed by atoms with Crippen LogP contribution in [-0.2, 0) is 0 Å². The molecule has 18 heavy (non-hydrogen) atoms. The topological polar surface area (TPSA) is 26.0 Å². The van der Waals surface area contributed by atoms with E-state index in [-0.39, 0.29) is 0 Å². The van der Waals surface area contributed by atoms with Gasteiger partial charge in [-0.25, -0.2) is 0 Å². The minimum atomic E-state index is 0.362. The first-order valence-electron chi connectivity index (χ1n) is 5.95. The van der Waals surface area contributed by atoms with Crippen LogP contribution in [0.1, 0.15) is 24.0 Å². The second-order valence-corrected chi connectivity index (χ2v) is 4.77. The number of benzene rings is 2. The quantitative estimate of drug-likeness (QED) is 0.790. The van der Waals surface area contributed by atoms with Crippen LogP contribution in [0, 0.1) is 0 Å². The normalized spacial score (nSPS) is 12.8. The molecule has 1 nitrogen and oxygen atoms in total. The summed E-state index contributed by atoms with van der Waals surface area (Å²) >= 11 is 5.87. The third-order valence-corrected chi connectivity index (χ3v) is 3.17. The largest absolute Gasteiger partial charge is 0.398 e. The molecular weight excluding hydrogens is 242 g/mol. The van der Waals surface area contributed by atoms with Gasteiger partial charge in [-0.1, -0.05) is 67.1 Å². The summed E-state index contributed by atoms with van der Waals surface area (Å²) in [6.45, 7) is 2.16. The van der Waals surface area contributed by atoms with Crippen LogP contribution in [0.2, 0.25) is 5.02 Å². The Bertz CT molecular complexity index is 546. The molecule has 0 spiro atoms. The van der Waals surface area contributed by atoms with Crippen LogP contribution < -0.4 is 5.73 Å². The van der Waals surface area contributed by atoms with E-state index in [4.69, 9.17) is 17.3 Å². The van der Waals surface area contributed by atoms with Crippen molar-refractivity contribution in [3.8, 4) is 0 Å². The standard InChI is InChI=1S/C16H16ClN/c1-12(13-5-3-2-4-6-13)7-8-14-9-10-15(17)11-16(14)18/h2-12H,18H2,1H3/b8-7+. The summed E-state index contributed by atoms with van der Waals surface area (Å²) < 4.78 is 0. The zero-order valence-electron chi connectivity index (χ0n) is 10.3. The van der Waals surface area contributed by atoms with E-state index in [1.165, 1.54) is 5.56 Å². The van der Waals surface area contributed by atoms with E-state index in [0.29, 0.717) is 16.6 Å². The lowest BCUT2D eigenvalue weighted by atomic mass is 10.00. The molecule has 0 aliphatic rings. The second kappa shape index (κ2) is 5.74. The van der Waals surface area contributed by atoms with Gasteiger partial charge in [0.25, 0.3) is 0 Å². The number of nitrogen functional groups attached to an aromatic ring is 1. The molecule has 2 aromatic carbocycles. The van der Waals surface area contributed by atoms with E-state index < -0.39 is 0 Å². The summed E-state index contributed by atoms with van der Waals surface area (Å²) in [6.07, 6.45) is 4.19. The minimum Gasteiger partial charge on any atom is -0.398 e. The molecule has 0 heterocycles. The van der Waals surface area contributed by atoms with Crippen LogP contribution in [0.4, 0.5) is 5.69 Å². The molecule has 0 bridgehead atoms. The third kappa shape index (κ3) is 3.14.